The van der Waals surface area contributed by atoms with Gasteiger partial charge < -0.3 is 10.2 Å². The lowest BCUT2D eigenvalue weighted by atomic mass is 10.1. The lowest BCUT2D eigenvalue weighted by molar-refractivity contribution is -0.116. The van der Waals surface area contributed by atoms with Gasteiger partial charge in [0.05, 0.1) is 22.3 Å². The number of anilines is 1. The van der Waals surface area contributed by atoms with Gasteiger partial charge in [-0.25, -0.2) is 0 Å². The molecule has 2 aromatic carbocycles. The Labute approximate surface area is 166 Å². The summed E-state index contributed by atoms with van der Waals surface area (Å²) in [5.74, 6) is -0.694. The van der Waals surface area contributed by atoms with Gasteiger partial charge in [0.15, 0.2) is 0 Å². The minimum atomic E-state index is -0.355. The van der Waals surface area contributed by atoms with Gasteiger partial charge in [-0.3, -0.25) is 14.7 Å². The molecular formula is C19H16Cl2N4O2. The molecule has 0 bridgehead atoms. The van der Waals surface area contributed by atoms with Crippen molar-refractivity contribution in [2.24, 2.45) is 0 Å². The van der Waals surface area contributed by atoms with Crippen molar-refractivity contribution in [1.29, 1.82) is 0 Å². The highest BCUT2D eigenvalue weighted by Gasteiger charge is 2.18. The number of benzene rings is 2. The number of nitrogens with one attached hydrogen (secondary N) is 2. The molecule has 0 atom stereocenters. The quantitative estimate of drug-likeness (QED) is 0.674. The third kappa shape index (κ3) is 4.67. The number of hydrogen-bond donors (Lipinski definition) is 2. The summed E-state index contributed by atoms with van der Waals surface area (Å²) in [6.45, 7) is -0.126. The Kier molecular flexibility index (Phi) is 5.78. The minimum Gasteiger partial charge on any atom is -0.331 e. The highest BCUT2D eigenvalue weighted by atomic mass is 35.5. The molecule has 8 heteroatoms. The predicted molar refractivity (Wildman–Crippen MR) is 106 cm³/mol. The van der Waals surface area contributed by atoms with Crippen LogP contribution in [0.15, 0.2) is 54.6 Å². The van der Waals surface area contributed by atoms with E-state index in [-0.39, 0.29) is 18.4 Å². The zero-order valence-electron chi connectivity index (χ0n) is 14.4. The van der Waals surface area contributed by atoms with E-state index in [1.54, 1.807) is 31.3 Å². The van der Waals surface area contributed by atoms with Gasteiger partial charge in [-0.2, -0.15) is 5.10 Å². The minimum absolute atomic E-state index is 0.126. The number of aromatic nitrogens is 2. The van der Waals surface area contributed by atoms with Crippen molar-refractivity contribution >= 4 is 40.7 Å². The van der Waals surface area contributed by atoms with Crippen molar-refractivity contribution in [3.63, 3.8) is 0 Å². The molecule has 3 aromatic rings. The summed E-state index contributed by atoms with van der Waals surface area (Å²) in [6.07, 6.45) is 0. The van der Waals surface area contributed by atoms with Crippen LogP contribution in [0.4, 0.5) is 5.69 Å². The molecule has 2 N–H and O–H groups in total. The third-order valence-corrected chi connectivity index (χ3v) is 4.55. The zero-order valence-corrected chi connectivity index (χ0v) is 15.9. The van der Waals surface area contributed by atoms with Gasteiger partial charge in [-0.15, -0.1) is 0 Å². The number of amides is 2. The molecule has 2 amide bonds. The summed E-state index contributed by atoms with van der Waals surface area (Å²) in [6, 6.07) is 15.9. The molecule has 6 nitrogen and oxygen atoms in total. The molecule has 0 aliphatic carbocycles. The number of H-pyrrole nitrogens is 1. The lowest BCUT2D eigenvalue weighted by Gasteiger charge is -2.16. The summed E-state index contributed by atoms with van der Waals surface area (Å²) < 4.78 is 0. The maximum absolute atomic E-state index is 12.5. The molecule has 0 spiro atoms. The number of likely N-dealkylation sites (N-methyl/N-ethyl adjacent to an activating group) is 1. The number of aromatic amines is 1. The summed E-state index contributed by atoms with van der Waals surface area (Å²) in [7, 11) is 1.54. The molecule has 0 aliphatic rings. The Bertz CT molecular complexity index is 973. The van der Waals surface area contributed by atoms with E-state index in [9.17, 15) is 9.59 Å². The highest BCUT2D eigenvalue weighted by Crippen LogP contribution is 2.25. The molecule has 0 aliphatic heterocycles. The van der Waals surface area contributed by atoms with Gasteiger partial charge in [-0.1, -0.05) is 53.5 Å². The van der Waals surface area contributed by atoms with Gasteiger partial charge in [0, 0.05) is 18.3 Å². The number of nitrogens with zero attached hydrogens (tertiary/aromatic N) is 2. The van der Waals surface area contributed by atoms with Crippen molar-refractivity contribution in [3.8, 4) is 11.3 Å². The second kappa shape index (κ2) is 8.24. The van der Waals surface area contributed by atoms with Crippen molar-refractivity contribution < 1.29 is 9.59 Å². The number of rotatable bonds is 5. The van der Waals surface area contributed by atoms with Crippen LogP contribution in [-0.2, 0) is 4.79 Å². The number of carbonyl (C=O) groups is 2. The molecular weight excluding hydrogens is 387 g/mol. The Balaban J connectivity index is 1.62. The van der Waals surface area contributed by atoms with Crippen molar-refractivity contribution in [2.75, 3.05) is 18.9 Å². The lowest BCUT2D eigenvalue weighted by Crippen LogP contribution is -2.35. The maximum Gasteiger partial charge on any atom is 0.272 e. The van der Waals surface area contributed by atoms with Crippen LogP contribution in [0.2, 0.25) is 10.0 Å². The fraction of sp³-hybridized carbons (Fsp3) is 0.105. The van der Waals surface area contributed by atoms with Crippen LogP contribution in [0.3, 0.4) is 0 Å². The van der Waals surface area contributed by atoms with E-state index in [0.29, 0.717) is 27.1 Å². The fourth-order valence-corrected chi connectivity index (χ4v) is 2.75. The van der Waals surface area contributed by atoms with Crippen LogP contribution in [0.5, 0.6) is 0 Å². The van der Waals surface area contributed by atoms with E-state index in [0.717, 1.165) is 5.56 Å². The summed E-state index contributed by atoms with van der Waals surface area (Å²) in [5, 5.41) is 10.3. The van der Waals surface area contributed by atoms with Crippen LogP contribution in [0.1, 0.15) is 10.5 Å². The second-order valence-corrected chi connectivity index (χ2v) is 6.69. The van der Waals surface area contributed by atoms with Crippen LogP contribution >= 0.6 is 23.2 Å². The maximum atomic E-state index is 12.5. The molecule has 138 valence electrons. The van der Waals surface area contributed by atoms with Crippen molar-refractivity contribution in [3.05, 3.63) is 70.3 Å². The van der Waals surface area contributed by atoms with Crippen LogP contribution in [0.25, 0.3) is 11.3 Å². The average molecular weight is 403 g/mol. The smallest absolute Gasteiger partial charge is 0.272 e. The molecule has 1 heterocycles. The Hall–Kier alpha value is -2.83. The molecule has 0 saturated heterocycles. The van der Waals surface area contributed by atoms with E-state index in [1.165, 1.54) is 4.90 Å². The van der Waals surface area contributed by atoms with Crippen LogP contribution in [-0.4, -0.2) is 40.5 Å². The van der Waals surface area contributed by atoms with Gasteiger partial charge >= 0.3 is 0 Å². The third-order valence-electron chi connectivity index (χ3n) is 3.81. The molecule has 1 aromatic heterocycles. The SMILES string of the molecule is CN(CC(=O)Nc1ccc(Cl)c(Cl)c1)C(=O)c1cc(-c2ccccc2)n[nH]1. The first-order chi connectivity index (χ1) is 12.9. The Morgan fingerprint density at radius 1 is 1.07 bits per heavy atom. The van der Waals surface area contributed by atoms with Crippen LogP contribution < -0.4 is 5.32 Å². The second-order valence-electron chi connectivity index (χ2n) is 5.87. The van der Waals surface area contributed by atoms with Gasteiger partial charge in [0.25, 0.3) is 5.91 Å². The van der Waals surface area contributed by atoms with E-state index < -0.39 is 0 Å². The van der Waals surface area contributed by atoms with Gasteiger partial charge in [0.1, 0.15) is 5.69 Å². The first kappa shape index (κ1) is 18.9. The molecule has 0 unspecified atom stereocenters. The molecule has 3 rings (SSSR count). The van der Waals surface area contributed by atoms with E-state index in [2.05, 4.69) is 15.5 Å². The largest absolute Gasteiger partial charge is 0.331 e. The summed E-state index contributed by atoms with van der Waals surface area (Å²) in [5.41, 5.74) is 2.36. The topological polar surface area (TPSA) is 78.1 Å². The van der Waals surface area contributed by atoms with Crippen LogP contribution in [0, 0.1) is 0 Å². The first-order valence-electron chi connectivity index (χ1n) is 8.05. The molecule has 0 saturated carbocycles. The summed E-state index contributed by atoms with van der Waals surface area (Å²) >= 11 is 11.8. The Morgan fingerprint density at radius 3 is 2.52 bits per heavy atom. The molecule has 0 fully saturated rings. The zero-order chi connectivity index (χ0) is 19.4. The standard InChI is InChI=1S/C19H16Cl2N4O2/c1-25(11-18(26)22-13-7-8-14(20)15(21)9-13)19(27)17-10-16(23-24-17)12-5-3-2-4-6-12/h2-10H,11H2,1H3,(H,22,26)(H,23,24). The van der Waals surface area contributed by atoms with E-state index in [4.69, 9.17) is 23.2 Å². The van der Waals surface area contributed by atoms with Crippen molar-refractivity contribution in [2.45, 2.75) is 0 Å². The summed E-state index contributed by atoms with van der Waals surface area (Å²) in [4.78, 5) is 26.0. The average Bonchev–Trinajstić information content (AvgIpc) is 3.15. The predicted octanol–water partition coefficient (Wildman–Crippen LogP) is 4.09. The van der Waals surface area contributed by atoms with Gasteiger partial charge in [-0.05, 0) is 24.3 Å². The monoisotopic (exact) mass is 402 g/mol. The molecule has 0 radical (unpaired) electrons. The fourth-order valence-electron chi connectivity index (χ4n) is 2.46. The van der Waals surface area contributed by atoms with E-state index >= 15 is 0 Å². The van der Waals surface area contributed by atoms with E-state index in [1.807, 2.05) is 30.3 Å². The highest BCUT2D eigenvalue weighted by molar-refractivity contribution is 6.42. The number of hydrogen-bond acceptors (Lipinski definition) is 3. The number of halogens is 2. The normalized spacial score (nSPS) is 10.5. The first-order valence-corrected chi connectivity index (χ1v) is 8.81. The Morgan fingerprint density at radius 2 is 1.81 bits per heavy atom. The van der Waals surface area contributed by atoms with Crippen molar-refractivity contribution in [1.82, 2.24) is 15.1 Å². The molecule has 27 heavy (non-hydrogen) atoms. The number of carbonyl (C=O) groups excluding carboxylic acids is 2. The van der Waals surface area contributed by atoms with Gasteiger partial charge in [0.2, 0.25) is 5.91 Å².